The predicted octanol–water partition coefficient (Wildman–Crippen LogP) is 2.54. The van der Waals surface area contributed by atoms with Gasteiger partial charge in [0.1, 0.15) is 6.54 Å². The lowest BCUT2D eigenvalue weighted by Crippen LogP contribution is -2.48. The molecule has 26 heavy (non-hydrogen) atoms. The van der Waals surface area contributed by atoms with Crippen LogP contribution in [0.15, 0.2) is 4.99 Å². The van der Waals surface area contributed by atoms with E-state index < -0.39 is 0 Å². The minimum atomic E-state index is 0. The van der Waals surface area contributed by atoms with Gasteiger partial charge in [-0.25, -0.2) is 4.99 Å². The highest BCUT2D eigenvalue weighted by Gasteiger charge is 2.19. The van der Waals surface area contributed by atoms with E-state index in [4.69, 9.17) is 0 Å². The SMILES string of the molecule is CCNC(=NCC(=O)N1CCCC1)NCC(CC(C)C)N(CC)CC.I. The Balaban J connectivity index is 0.00000625. The summed E-state index contributed by atoms with van der Waals surface area (Å²) < 4.78 is 0. The Kier molecular flexibility index (Phi) is 14.2. The number of amides is 1. The van der Waals surface area contributed by atoms with Gasteiger partial charge < -0.3 is 15.5 Å². The molecule has 1 rings (SSSR count). The van der Waals surface area contributed by atoms with Crippen LogP contribution in [-0.2, 0) is 4.79 Å². The number of aliphatic imine (C=N–C) groups is 1. The minimum absolute atomic E-state index is 0. The van der Waals surface area contributed by atoms with E-state index in [2.05, 4.69) is 55.1 Å². The molecule has 7 heteroatoms. The number of carbonyl (C=O) groups excluding carboxylic acids is 1. The maximum absolute atomic E-state index is 12.2. The quantitative estimate of drug-likeness (QED) is 0.286. The third-order valence-corrected chi connectivity index (χ3v) is 4.75. The smallest absolute Gasteiger partial charge is 0.244 e. The number of likely N-dealkylation sites (N-methyl/N-ethyl adjacent to an activating group) is 1. The second-order valence-corrected chi connectivity index (χ2v) is 7.17. The van der Waals surface area contributed by atoms with Gasteiger partial charge in [-0.1, -0.05) is 27.7 Å². The molecule has 1 heterocycles. The number of carbonyl (C=O) groups is 1. The highest BCUT2D eigenvalue weighted by atomic mass is 127. The molecule has 0 bridgehead atoms. The highest BCUT2D eigenvalue weighted by molar-refractivity contribution is 14.0. The molecule has 1 aliphatic rings. The van der Waals surface area contributed by atoms with E-state index in [9.17, 15) is 4.79 Å². The molecule has 6 nitrogen and oxygen atoms in total. The Morgan fingerprint density at radius 2 is 1.73 bits per heavy atom. The van der Waals surface area contributed by atoms with Crippen LogP contribution < -0.4 is 10.6 Å². The fourth-order valence-corrected chi connectivity index (χ4v) is 3.42. The van der Waals surface area contributed by atoms with Crippen LogP contribution in [0.1, 0.15) is 53.9 Å². The summed E-state index contributed by atoms with van der Waals surface area (Å²) >= 11 is 0. The average Bonchev–Trinajstić information content (AvgIpc) is 3.12. The topological polar surface area (TPSA) is 60.0 Å². The van der Waals surface area contributed by atoms with Crippen molar-refractivity contribution in [2.24, 2.45) is 10.9 Å². The Hall–Kier alpha value is -0.570. The van der Waals surface area contributed by atoms with Crippen LogP contribution in [0.5, 0.6) is 0 Å². The van der Waals surface area contributed by atoms with Gasteiger partial charge in [0.25, 0.3) is 0 Å². The number of nitrogens with zero attached hydrogens (tertiary/aromatic N) is 3. The van der Waals surface area contributed by atoms with Gasteiger partial charge in [0.05, 0.1) is 0 Å². The molecule has 0 aliphatic carbocycles. The summed E-state index contributed by atoms with van der Waals surface area (Å²) in [5, 5.41) is 6.71. The first-order valence-electron chi connectivity index (χ1n) is 10.1. The second kappa shape index (κ2) is 14.5. The second-order valence-electron chi connectivity index (χ2n) is 7.17. The molecule has 1 saturated heterocycles. The van der Waals surface area contributed by atoms with Gasteiger partial charge in [0.15, 0.2) is 5.96 Å². The van der Waals surface area contributed by atoms with Crippen LogP contribution in [-0.4, -0.2) is 73.5 Å². The zero-order valence-corrected chi connectivity index (χ0v) is 19.7. The molecule has 1 fully saturated rings. The Morgan fingerprint density at radius 3 is 2.23 bits per heavy atom. The van der Waals surface area contributed by atoms with Crippen molar-refractivity contribution in [2.75, 3.05) is 45.8 Å². The maximum Gasteiger partial charge on any atom is 0.244 e. The maximum atomic E-state index is 12.2. The number of hydrogen-bond donors (Lipinski definition) is 2. The molecule has 0 saturated carbocycles. The number of hydrogen-bond acceptors (Lipinski definition) is 3. The van der Waals surface area contributed by atoms with E-state index in [1.807, 2.05) is 4.90 Å². The minimum Gasteiger partial charge on any atom is -0.357 e. The Bertz CT molecular complexity index is 407. The van der Waals surface area contributed by atoms with Crippen molar-refractivity contribution in [3.05, 3.63) is 0 Å². The summed E-state index contributed by atoms with van der Waals surface area (Å²) in [5.74, 6) is 1.54. The highest BCUT2D eigenvalue weighted by Crippen LogP contribution is 2.11. The Labute approximate surface area is 177 Å². The number of rotatable bonds is 10. The number of likely N-dealkylation sites (tertiary alicyclic amines) is 1. The van der Waals surface area contributed by atoms with Gasteiger partial charge in [-0.05, 0) is 45.2 Å². The summed E-state index contributed by atoms with van der Waals surface area (Å²) in [4.78, 5) is 21.1. The molecule has 0 radical (unpaired) electrons. The zero-order valence-electron chi connectivity index (χ0n) is 17.4. The average molecular weight is 481 g/mol. The van der Waals surface area contributed by atoms with Gasteiger partial charge in [-0.2, -0.15) is 0 Å². The molecule has 1 unspecified atom stereocenters. The van der Waals surface area contributed by atoms with Crippen LogP contribution in [0.3, 0.4) is 0 Å². The molecule has 1 atom stereocenters. The van der Waals surface area contributed by atoms with Gasteiger partial charge >= 0.3 is 0 Å². The Morgan fingerprint density at radius 1 is 1.12 bits per heavy atom. The third-order valence-electron chi connectivity index (χ3n) is 4.75. The van der Waals surface area contributed by atoms with Crippen LogP contribution in [0.25, 0.3) is 0 Å². The molecule has 1 aliphatic heterocycles. The van der Waals surface area contributed by atoms with E-state index in [0.717, 1.165) is 64.5 Å². The number of guanidine groups is 1. The lowest BCUT2D eigenvalue weighted by atomic mass is 10.0. The van der Waals surface area contributed by atoms with Crippen molar-refractivity contribution < 1.29 is 4.79 Å². The molecule has 0 spiro atoms. The fourth-order valence-electron chi connectivity index (χ4n) is 3.42. The van der Waals surface area contributed by atoms with Crippen LogP contribution in [0, 0.1) is 5.92 Å². The van der Waals surface area contributed by atoms with Crippen molar-refractivity contribution in [3.8, 4) is 0 Å². The lowest BCUT2D eigenvalue weighted by molar-refractivity contribution is -0.128. The molecule has 0 aromatic carbocycles. The van der Waals surface area contributed by atoms with E-state index in [1.54, 1.807) is 0 Å². The summed E-state index contributed by atoms with van der Waals surface area (Å²) in [6.07, 6.45) is 3.39. The predicted molar refractivity (Wildman–Crippen MR) is 121 cm³/mol. The summed E-state index contributed by atoms with van der Waals surface area (Å²) in [7, 11) is 0. The lowest BCUT2D eigenvalue weighted by Gasteiger charge is -2.31. The zero-order chi connectivity index (χ0) is 18.7. The molecule has 154 valence electrons. The largest absolute Gasteiger partial charge is 0.357 e. The summed E-state index contributed by atoms with van der Waals surface area (Å²) in [6, 6.07) is 0.480. The number of halogens is 1. The van der Waals surface area contributed by atoms with Gasteiger partial charge in [0.2, 0.25) is 5.91 Å². The molecule has 2 N–H and O–H groups in total. The first-order valence-corrected chi connectivity index (χ1v) is 10.1. The first-order chi connectivity index (χ1) is 12.0. The van der Waals surface area contributed by atoms with E-state index in [0.29, 0.717) is 12.0 Å². The van der Waals surface area contributed by atoms with E-state index in [1.165, 1.54) is 0 Å². The molecule has 0 aromatic rings. The summed E-state index contributed by atoms with van der Waals surface area (Å²) in [6.45, 7) is 16.8. The fraction of sp³-hybridized carbons (Fsp3) is 0.895. The van der Waals surface area contributed by atoms with Gasteiger partial charge in [-0.15, -0.1) is 24.0 Å². The van der Waals surface area contributed by atoms with Crippen LogP contribution in [0.4, 0.5) is 0 Å². The molecule has 1 amide bonds. The van der Waals surface area contributed by atoms with Crippen molar-refractivity contribution in [3.63, 3.8) is 0 Å². The third kappa shape index (κ3) is 9.39. The summed E-state index contributed by atoms with van der Waals surface area (Å²) in [5.41, 5.74) is 0. The van der Waals surface area contributed by atoms with Crippen LogP contribution in [0.2, 0.25) is 0 Å². The van der Waals surface area contributed by atoms with E-state index in [-0.39, 0.29) is 36.4 Å². The van der Waals surface area contributed by atoms with Gasteiger partial charge in [-0.3, -0.25) is 9.69 Å². The monoisotopic (exact) mass is 481 g/mol. The van der Waals surface area contributed by atoms with Crippen molar-refractivity contribution >= 4 is 35.8 Å². The first kappa shape index (κ1) is 25.4. The standard InChI is InChI=1S/C19H39N5O.HI/c1-6-20-19(22-15-18(25)24-11-9-10-12-24)21-14-17(13-16(4)5)23(7-2)8-3;/h16-17H,6-15H2,1-5H3,(H2,20,21,22);1H. The molecular formula is C19H40IN5O. The van der Waals surface area contributed by atoms with Crippen molar-refractivity contribution in [2.45, 2.75) is 59.9 Å². The molecule has 0 aromatic heterocycles. The normalized spacial score (nSPS) is 16.0. The molecular weight excluding hydrogens is 441 g/mol. The number of nitrogens with one attached hydrogen (secondary N) is 2. The van der Waals surface area contributed by atoms with Crippen molar-refractivity contribution in [1.82, 2.24) is 20.4 Å². The van der Waals surface area contributed by atoms with E-state index >= 15 is 0 Å². The van der Waals surface area contributed by atoms with Gasteiger partial charge in [0, 0.05) is 32.2 Å². The van der Waals surface area contributed by atoms with Crippen molar-refractivity contribution in [1.29, 1.82) is 0 Å². The van der Waals surface area contributed by atoms with Crippen LogP contribution >= 0.6 is 24.0 Å².